The van der Waals surface area contributed by atoms with Crippen molar-refractivity contribution in [3.8, 4) is 5.75 Å². The van der Waals surface area contributed by atoms with E-state index in [0.717, 1.165) is 43.9 Å². The summed E-state index contributed by atoms with van der Waals surface area (Å²) in [4.78, 5) is 4.87. The van der Waals surface area contributed by atoms with Gasteiger partial charge in [-0.1, -0.05) is 43.9 Å². The van der Waals surface area contributed by atoms with Crippen LogP contribution in [0.15, 0.2) is 42.5 Å². The molecule has 1 aliphatic carbocycles. The topological polar surface area (TPSA) is 15.7 Å². The second kappa shape index (κ2) is 12.3. The molecule has 2 fully saturated rings. The van der Waals surface area contributed by atoms with Gasteiger partial charge in [-0.15, -0.1) is 0 Å². The third-order valence-electron chi connectivity index (χ3n) is 7.98. The minimum absolute atomic E-state index is 0.0316. The van der Waals surface area contributed by atoms with Gasteiger partial charge in [0.2, 0.25) is 0 Å². The van der Waals surface area contributed by atoms with Crippen molar-refractivity contribution >= 4 is 0 Å². The highest BCUT2D eigenvalue weighted by Crippen LogP contribution is 2.38. The molecule has 1 saturated carbocycles. The lowest BCUT2D eigenvalue weighted by Crippen LogP contribution is -2.51. The number of ether oxygens (including phenoxy) is 1. The van der Waals surface area contributed by atoms with Gasteiger partial charge in [0.05, 0.1) is 18.2 Å². The Morgan fingerprint density at radius 3 is 1.95 bits per heavy atom. The first-order valence-corrected chi connectivity index (χ1v) is 13.5. The molecule has 3 nitrogen and oxygen atoms in total. The Balaban J connectivity index is 1.55. The largest absolute Gasteiger partial charge is 0.496 e. The van der Waals surface area contributed by atoms with Crippen LogP contribution in [0.25, 0.3) is 0 Å². The van der Waals surface area contributed by atoms with E-state index >= 15 is 0 Å². The van der Waals surface area contributed by atoms with Gasteiger partial charge >= 0.3 is 12.4 Å². The van der Waals surface area contributed by atoms with Crippen LogP contribution < -0.4 is 4.74 Å². The Hall–Kier alpha value is -2.26. The minimum Gasteiger partial charge on any atom is -0.496 e. The van der Waals surface area contributed by atoms with Crippen molar-refractivity contribution in [2.45, 2.75) is 75.8 Å². The predicted octanol–water partition coefficient (Wildman–Crippen LogP) is 7.75. The van der Waals surface area contributed by atoms with Crippen molar-refractivity contribution in [1.29, 1.82) is 0 Å². The summed E-state index contributed by atoms with van der Waals surface area (Å²) in [5.41, 5.74) is -1.61. The molecule has 210 valence electrons. The maximum atomic E-state index is 13.4. The van der Waals surface area contributed by atoms with E-state index in [1.807, 2.05) is 24.3 Å². The standard InChI is InChI=1S/C29H36F6N2O/c1-38-27-11-7-6-10-25(27)26(37-16-14-36(15-17-37)24-8-4-2-3-5-9-24)13-12-21-18-22(28(30,31)32)20-23(19-21)29(33,34)35/h6-7,10-11,18-20,24,26H,2-5,8-9,12-17H2,1H3. The highest BCUT2D eigenvalue weighted by Gasteiger charge is 2.37. The molecule has 1 aliphatic heterocycles. The van der Waals surface area contributed by atoms with E-state index in [4.69, 9.17) is 4.74 Å². The molecule has 0 spiro atoms. The average Bonchev–Trinajstić information content (AvgIpc) is 3.18. The number of aryl methyl sites for hydroxylation is 1. The fraction of sp³-hybridized carbons (Fsp3) is 0.586. The van der Waals surface area contributed by atoms with Gasteiger partial charge in [0.1, 0.15) is 5.75 Å². The first kappa shape index (κ1) is 28.7. The summed E-state index contributed by atoms with van der Waals surface area (Å²) in [6, 6.07) is 9.81. The molecular weight excluding hydrogens is 506 g/mol. The number of alkyl halides is 6. The smallest absolute Gasteiger partial charge is 0.416 e. The van der Waals surface area contributed by atoms with E-state index in [1.54, 1.807) is 7.11 Å². The Morgan fingerprint density at radius 2 is 1.39 bits per heavy atom. The summed E-state index contributed by atoms with van der Waals surface area (Å²) in [6.45, 7) is 3.38. The Kier molecular flexibility index (Phi) is 9.29. The number of halogens is 6. The third kappa shape index (κ3) is 7.23. The molecule has 1 saturated heterocycles. The van der Waals surface area contributed by atoms with E-state index in [2.05, 4.69) is 9.80 Å². The van der Waals surface area contributed by atoms with Crippen LogP contribution in [0.1, 0.15) is 73.2 Å². The maximum absolute atomic E-state index is 13.4. The summed E-state index contributed by atoms with van der Waals surface area (Å²) in [5.74, 6) is 0.670. The third-order valence-corrected chi connectivity index (χ3v) is 7.98. The molecule has 9 heteroatoms. The SMILES string of the molecule is COc1ccccc1C(CCc1cc(C(F)(F)F)cc(C(F)(F)F)c1)N1CCN(C2CCCCCC2)CC1. The first-order chi connectivity index (χ1) is 18.1. The Bertz CT molecular complexity index is 1010. The zero-order chi connectivity index (χ0) is 27.3. The summed E-state index contributed by atoms with van der Waals surface area (Å²) < 4.78 is 86.0. The lowest BCUT2D eigenvalue weighted by atomic mass is 9.94. The van der Waals surface area contributed by atoms with Crippen LogP contribution in [-0.2, 0) is 18.8 Å². The summed E-state index contributed by atoms with van der Waals surface area (Å²) >= 11 is 0. The van der Waals surface area contributed by atoms with Gasteiger partial charge in [-0.3, -0.25) is 9.80 Å². The lowest BCUT2D eigenvalue weighted by molar-refractivity contribution is -0.143. The molecule has 0 amide bonds. The molecule has 1 unspecified atom stereocenters. The maximum Gasteiger partial charge on any atom is 0.416 e. The zero-order valence-electron chi connectivity index (χ0n) is 21.8. The van der Waals surface area contributed by atoms with Crippen molar-refractivity contribution < 1.29 is 31.1 Å². The zero-order valence-corrected chi connectivity index (χ0v) is 21.8. The Morgan fingerprint density at radius 1 is 0.816 bits per heavy atom. The van der Waals surface area contributed by atoms with E-state index in [0.29, 0.717) is 18.2 Å². The highest BCUT2D eigenvalue weighted by molar-refractivity contribution is 5.37. The molecule has 0 N–H and O–H groups in total. The quantitative estimate of drug-likeness (QED) is 0.263. The van der Waals surface area contributed by atoms with Crippen LogP contribution in [0.3, 0.4) is 0 Å². The van der Waals surface area contributed by atoms with Crippen LogP contribution in [0.4, 0.5) is 26.3 Å². The van der Waals surface area contributed by atoms with Gasteiger partial charge < -0.3 is 4.74 Å². The molecule has 1 atom stereocenters. The monoisotopic (exact) mass is 542 g/mol. The molecule has 2 aromatic rings. The normalized spacial score (nSPS) is 19.8. The number of benzene rings is 2. The number of nitrogens with zero attached hydrogens (tertiary/aromatic N) is 2. The summed E-state index contributed by atoms with van der Waals surface area (Å²) in [5, 5.41) is 0. The van der Waals surface area contributed by atoms with Crippen molar-refractivity contribution in [2.24, 2.45) is 0 Å². The average molecular weight is 543 g/mol. The molecule has 0 aromatic heterocycles. The van der Waals surface area contributed by atoms with Crippen molar-refractivity contribution in [1.82, 2.24) is 9.80 Å². The van der Waals surface area contributed by atoms with Gasteiger partial charge in [-0.05, 0) is 55.5 Å². The molecular formula is C29H36F6N2O. The Labute approximate surface area is 220 Å². The summed E-state index contributed by atoms with van der Waals surface area (Å²) in [7, 11) is 1.57. The van der Waals surface area contributed by atoms with Crippen LogP contribution in [0.5, 0.6) is 5.75 Å². The molecule has 1 heterocycles. The first-order valence-electron chi connectivity index (χ1n) is 13.5. The number of methoxy groups -OCH3 is 1. The highest BCUT2D eigenvalue weighted by atomic mass is 19.4. The number of para-hydroxylation sites is 1. The van der Waals surface area contributed by atoms with Gasteiger partial charge in [0, 0.05) is 43.8 Å². The van der Waals surface area contributed by atoms with E-state index in [1.165, 1.54) is 38.5 Å². The fourth-order valence-corrected chi connectivity index (χ4v) is 5.98. The number of rotatable bonds is 7. The number of hydrogen-bond donors (Lipinski definition) is 0. The van der Waals surface area contributed by atoms with Crippen molar-refractivity contribution in [3.63, 3.8) is 0 Å². The second-order valence-corrected chi connectivity index (χ2v) is 10.4. The fourth-order valence-electron chi connectivity index (χ4n) is 5.98. The molecule has 0 radical (unpaired) electrons. The minimum atomic E-state index is -4.85. The predicted molar refractivity (Wildman–Crippen MR) is 135 cm³/mol. The van der Waals surface area contributed by atoms with Crippen molar-refractivity contribution in [3.05, 3.63) is 64.7 Å². The van der Waals surface area contributed by atoms with Gasteiger partial charge in [-0.2, -0.15) is 26.3 Å². The van der Waals surface area contributed by atoms with Crippen LogP contribution in [-0.4, -0.2) is 49.1 Å². The van der Waals surface area contributed by atoms with E-state index in [9.17, 15) is 26.3 Å². The van der Waals surface area contributed by atoms with Gasteiger partial charge in [0.15, 0.2) is 0 Å². The van der Waals surface area contributed by atoms with E-state index < -0.39 is 23.5 Å². The van der Waals surface area contributed by atoms with Crippen LogP contribution in [0.2, 0.25) is 0 Å². The van der Waals surface area contributed by atoms with Crippen molar-refractivity contribution in [2.75, 3.05) is 33.3 Å². The van der Waals surface area contributed by atoms with Gasteiger partial charge in [-0.25, -0.2) is 0 Å². The van der Waals surface area contributed by atoms with E-state index in [-0.39, 0.29) is 24.1 Å². The number of hydrogen-bond acceptors (Lipinski definition) is 3. The van der Waals surface area contributed by atoms with Gasteiger partial charge in [0.25, 0.3) is 0 Å². The second-order valence-electron chi connectivity index (χ2n) is 10.4. The molecule has 4 rings (SSSR count). The summed E-state index contributed by atoms with van der Waals surface area (Å²) in [6.07, 6.45) is -1.73. The molecule has 2 aromatic carbocycles. The van der Waals surface area contributed by atoms with Crippen LogP contribution in [0, 0.1) is 0 Å². The molecule has 2 aliphatic rings. The van der Waals surface area contributed by atoms with Crippen LogP contribution >= 0.6 is 0 Å². The lowest BCUT2D eigenvalue weighted by Gasteiger charge is -2.42. The molecule has 0 bridgehead atoms. The molecule has 38 heavy (non-hydrogen) atoms. The number of piperazine rings is 1.